The van der Waals surface area contributed by atoms with Crippen molar-refractivity contribution in [1.29, 1.82) is 5.26 Å². The third-order valence-electron chi connectivity index (χ3n) is 2.96. The van der Waals surface area contributed by atoms with E-state index < -0.39 is 10.9 Å². The van der Waals surface area contributed by atoms with Gasteiger partial charge >= 0.3 is 11.7 Å². The summed E-state index contributed by atoms with van der Waals surface area (Å²) < 4.78 is 0. The summed E-state index contributed by atoms with van der Waals surface area (Å²) in [6.45, 7) is 2.16. The number of nitriles is 1. The summed E-state index contributed by atoms with van der Waals surface area (Å²) >= 11 is 0. The van der Waals surface area contributed by atoms with Crippen LogP contribution in [-0.2, 0) is 4.79 Å². The molecule has 0 saturated carbocycles. The highest BCUT2D eigenvalue weighted by Gasteiger charge is 2.20. The van der Waals surface area contributed by atoms with Crippen molar-refractivity contribution in [3.05, 3.63) is 33.9 Å². The molecule has 7 nitrogen and oxygen atoms in total. The first kappa shape index (κ1) is 15.4. The molecule has 1 aromatic carbocycles. The maximum atomic E-state index is 11.0. The number of hydrogen-bond donors (Lipinski definition) is 2. The van der Waals surface area contributed by atoms with Crippen molar-refractivity contribution in [2.45, 2.75) is 19.8 Å². The molecular formula is C13H15N3O4. The van der Waals surface area contributed by atoms with E-state index >= 15 is 0 Å². The molecule has 0 bridgehead atoms. The first-order valence-corrected chi connectivity index (χ1v) is 6.12. The second kappa shape index (κ2) is 7.09. The molecule has 0 saturated heterocycles. The number of carboxylic acid groups (broad SMARTS) is 1. The van der Waals surface area contributed by atoms with Gasteiger partial charge in [-0.15, -0.1) is 0 Å². The Morgan fingerprint density at radius 3 is 2.80 bits per heavy atom. The number of para-hydroxylation sites is 1. The molecule has 1 unspecified atom stereocenters. The second-order valence-electron chi connectivity index (χ2n) is 4.32. The van der Waals surface area contributed by atoms with Crippen molar-refractivity contribution in [3.8, 4) is 6.07 Å². The van der Waals surface area contributed by atoms with Crippen molar-refractivity contribution in [2.24, 2.45) is 5.92 Å². The van der Waals surface area contributed by atoms with Crippen LogP contribution in [0.15, 0.2) is 18.2 Å². The second-order valence-corrected chi connectivity index (χ2v) is 4.32. The predicted octanol–water partition coefficient (Wildman–Crippen LogP) is 2.38. The molecule has 20 heavy (non-hydrogen) atoms. The van der Waals surface area contributed by atoms with Crippen molar-refractivity contribution in [3.63, 3.8) is 0 Å². The Morgan fingerprint density at radius 1 is 1.60 bits per heavy atom. The topological polar surface area (TPSA) is 116 Å². The summed E-state index contributed by atoms with van der Waals surface area (Å²) in [5, 5.41) is 31.5. The first-order chi connectivity index (χ1) is 9.49. The van der Waals surface area contributed by atoms with Crippen LogP contribution in [-0.4, -0.2) is 22.5 Å². The van der Waals surface area contributed by atoms with Crippen LogP contribution in [0.2, 0.25) is 0 Å². The zero-order chi connectivity index (χ0) is 15.1. The fraction of sp³-hybridized carbons (Fsp3) is 0.385. The van der Waals surface area contributed by atoms with E-state index in [4.69, 9.17) is 10.4 Å². The van der Waals surface area contributed by atoms with E-state index in [-0.39, 0.29) is 29.3 Å². The van der Waals surface area contributed by atoms with E-state index in [0.717, 1.165) is 0 Å². The van der Waals surface area contributed by atoms with Gasteiger partial charge in [0.2, 0.25) is 0 Å². The minimum absolute atomic E-state index is 0.00472. The summed E-state index contributed by atoms with van der Waals surface area (Å²) in [5.74, 6) is -1.03. The zero-order valence-corrected chi connectivity index (χ0v) is 11.0. The fourth-order valence-electron chi connectivity index (χ4n) is 1.84. The molecule has 106 valence electrons. The molecule has 0 aliphatic carbocycles. The number of nitro benzene ring substituents is 1. The van der Waals surface area contributed by atoms with Crippen LogP contribution in [0.1, 0.15) is 25.3 Å². The Hall–Kier alpha value is -2.62. The van der Waals surface area contributed by atoms with E-state index in [1.165, 1.54) is 12.1 Å². The molecule has 1 rings (SSSR count). The highest BCUT2D eigenvalue weighted by molar-refractivity contribution is 5.69. The number of carbonyl (C=O) groups is 1. The molecule has 0 aliphatic rings. The molecule has 2 N–H and O–H groups in total. The average Bonchev–Trinajstić information content (AvgIpc) is 2.42. The van der Waals surface area contributed by atoms with Gasteiger partial charge in [-0.25, -0.2) is 0 Å². The van der Waals surface area contributed by atoms with E-state index in [1.54, 1.807) is 12.1 Å². The van der Waals surface area contributed by atoms with Gasteiger partial charge in [0.15, 0.2) is 0 Å². The van der Waals surface area contributed by atoms with E-state index in [9.17, 15) is 14.9 Å². The zero-order valence-electron chi connectivity index (χ0n) is 11.0. The molecule has 7 heteroatoms. The molecule has 0 radical (unpaired) electrons. The highest BCUT2D eigenvalue weighted by Crippen LogP contribution is 2.28. The molecule has 0 spiro atoms. The molecular weight excluding hydrogens is 262 g/mol. The standard InChI is InChI=1S/C13H15N3O4/c1-2-9(6-12(17)18)8-15-11-5-3-4-10(7-14)13(11)16(19)20/h3-5,9,15H,2,6,8H2,1H3,(H,17,18). The number of anilines is 1. The Morgan fingerprint density at radius 2 is 2.30 bits per heavy atom. The highest BCUT2D eigenvalue weighted by atomic mass is 16.6. The Balaban J connectivity index is 2.90. The summed E-state index contributed by atoms with van der Waals surface area (Å²) in [7, 11) is 0. The number of nitrogens with zero attached hydrogens (tertiary/aromatic N) is 2. The Labute approximate surface area is 116 Å². The number of rotatable bonds is 7. The summed E-state index contributed by atoms with van der Waals surface area (Å²) in [6, 6.07) is 6.20. The lowest BCUT2D eigenvalue weighted by Gasteiger charge is -2.14. The number of nitro groups is 1. The Bertz CT molecular complexity index is 551. The average molecular weight is 277 g/mol. The van der Waals surface area contributed by atoms with Gasteiger partial charge in [-0.2, -0.15) is 5.26 Å². The van der Waals surface area contributed by atoms with Crippen LogP contribution < -0.4 is 5.32 Å². The van der Waals surface area contributed by atoms with Crippen LogP contribution in [0, 0.1) is 27.4 Å². The van der Waals surface area contributed by atoms with Gasteiger partial charge in [-0.05, 0) is 18.1 Å². The smallest absolute Gasteiger partial charge is 0.309 e. The molecule has 0 heterocycles. The SMILES string of the molecule is CCC(CNc1cccc(C#N)c1[N+](=O)[O-])CC(=O)O. The maximum absolute atomic E-state index is 11.0. The van der Waals surface area contributed by atoms with Gasteiger partial charge in [-0.3, -0.25) is 14.9 Å². The van der Waals surface area contributed by atoms with Crippen molar-refractivity contribution >= 4 is 17.3 Å². The number of benzene rings is 1. The summed E-state index contributed by atoms with van der Waals surface area (Å²) in [5.41, 5.74) is -0.0654. The lowest BCUT2D eigenvalue weighted by molar-refractivity contribution is -0.384. The number of carboxylic acids is 1. The molecule has 1 aromatic rings. The number of nitrogens with one attached hydrogen (secondary N) is 1. The van der Waals surface area contributed by atoms with Gasteiger partial charge in [0.05, 0.1) is 4.92 Å². The van der Waals surface area contributed by atoms with Crippen LogP contribution in [0.3, 0.4) is 0 Å². The molecule has 0 amide bonds. The molecule has 0 aliphatic heterocycles. The van der Waals surface area contributed by atoms with Crippen LogP contribution in [0.4, 0.5) is 11.4 Å². The monoisotopic (exact) mass is 277 g/mol. The minimum atomic E-state index is -0.904. The lowest BCUT2D eigenvalue weighted by Crippen LogP contribution is -2.17. The van der Waals surface area contributed by atoms with Gasteiger partial charge in [0, 0.05) is 13.0 Å². The van der Waals surface area contributed by atoms with Crippen molar-refractivity contribution in [2.75, 3.05) is 11.9 Å². The first-order valence-electron chi connectivity index (χ1n) is 6.12. The van der Waals surface area contributed by atoms with E-state index in [2.05, 4.69) is 5.32 Å². The number of aliphatic carboxylic acids is 1. The lowest BCUT2D eigenvalue weighted by atomic mass is 10.0. The van der Waals surface area contributed by atoms with Gasteiger partial charge < -0.3 is 10.4 Å². The largest absolute Gasteiger partial charge is 0.481 e. The summed E-state index contributed by atoms with van der Waals surface area (Å²) in [6.07, 6.45) is 0.639. The fourth-order valence-corrected chi connectivity index (χ4v) is 1.84. The van der Waals surface area contributed by atoms with Gasteiger partial charge in [0.1, 0.15) is 17.3 Å². The van der Waals surface area contributed by atoms with E-state index in [1.807, 2.05) is 6.92 Å². The van der Waals surface area contributed by atoms with Gasteiger partial charge in [-0.1, -0.05) is 19.4 Å². The molecule has 1 atom stereocenters. The molecule has 0 fully saturated rings. The van der Waals surface area contributed by atoms with Crippen molar-refractivity contribution in [1.82, 2.24) is 0 Å². The van der Waals surface area contributed by atoms with Crippen LogP contribution in [0.25, 0.3) is 0 Å². The third kappa shape index (κ3) is 3.95. The normalized spacial score (nSPS) is 11.4. The van der Waals surface area contributed by atoms with Gasteiger partial charge in [0.25, 0.3) is 0 Å². The minimum Gasteiger partial charge on any atom is -0.481 e. The van der Waals surface area contributed by atoms with Crippen molar-refractivity contribution < 1.29 is 14.8 Å². The van der Waals surface area contributed by atoms with Crippen LogP contribution >= 0.6 is 0 Å². The predicted molar refractivity (Wildman–Crippen MR) is 72.3 cm³/mol. The third-order valence-corrected chi connectivity index (χ3v) is 2.96. The van der Waals surface area contributed by atoms with Crippen LogP contribution in [0.5, 0.6) is 0 Å². The molecule has 0 aromatic heterocycles. The summed E-state index contributed by atoms with van der Waals surface area (Å²) in [4.78, 5) is 21.1. The number of hydrogen-bond acceptors (Lipinski definition) is 5. The Kier molecular flexibility index (Phi) is 5.47. The quantitative estimate of drug-likeness (QED) is 0.583. The maximum Gasteiger partial charge on any atom is 0.309 e. The van der Waals surface area contributed by atoms with E-state index in [0.29, 0.717) is 13.0 Å².